The van der Waals surface area contributed by atoms with Gasteiger partial charge in [-0.2, -0.15) is 0 Å². The number of carbonyl (C=O) groups is 1. The Balaban J connectivity index is 2.06. The van der Waals surface area contributed by atoms with Crippen molar-refractivity contribution in [2.45, 2.75) is 20.0 Å². The van der Waals surface area contributed by atoms with Crippen molar-refractivity contribution in [3.8, 4) is 0 Å². The van der Waals surface area contributed by atoms with Crippen molar-refractivity contribution < 1.29 is 9.90 Å². The first-order chi connectivity index (χ1) is 9.95. The maximum atomic E-state index is 10.9. The fourth-order valence-electron chi connectivity index (χ4n) is 2.30. The normalized spacial score (nSPS) is 10.9. The predicted octanol–water partition coefficient (Wildman–Crippen LogP) is 4.09. The average molecular weight is 348 g/mol. The van der Waals surface area contributed by atoms with Gasteiger partial charge in [-0.3, -0.25) is 4.90 Å². The van der Waals surface area contributed by atoms with Crippen LogP contribution in [0.25, 0.3) is 0 Å². The van der Waals surface area contributed by atoms with Gasteiger partial charge >= 0.3 is 5.97 Å². The zero-order chi connectivity index (χ0) is 15.4. The minimum absolute atomic E-state index is 0.339. The van der Waals surface area contributed by atoms with Gasteiger partial charge < -0.3 is 5.11 Å². The lowest BCUT2D eigenvalue weighted by molar-refractivity contribution is 0.0696. The van der Waals surface area contributed by atoms with Gasteiger partial charge in [0.05, 0.1) is 5.56 Å². The summed E-state index contributed by atoms with van der Waals surface area (Å²) in [5.41, 5.74) is 3.74. The number of aromatic carboxylic acids is 1. The van der Waals surface area contributed by atoms with Gasteiger partial charge in [0.15, 0.2) is 0 Å². The lowest BCUT2D eigenvalue weighted by Crippen LogP contribution is -2.18. The molecule has 0 spiro atoms. The van der Waals surface area contributed by atoms with Crippen molar-refractivity contribution in [3.05, 3.63) is 69.2 Å². The maximum Gasteiger partial charge on any atom is 0.335 e. The fraction of sp³-hybridized carbons (Fsp3) is 0.235. The molecule has 0 radical (unpaired) electrons. The third-order valence-electron chi connectivity index (χ3n) is 3.37. The maximum absolute atomic E-state index is 10.9. The first-order valence-electron chi connectivity index (χ1n) is 6.71. The van der Waals surface area contributed by atoms with Crippen LogP contribution in [0, 0.1) is 6.92 Å². The zero-order valence-corrected chi connectivity index (χ0v) is 13.7. The minimum atomic E-state index is -0.882. The molecule has 0 amide bonds. The Hall–Kier alpha value is -1.65. The summed E-state index contributed by atoms with van der Waals surface area (Å²) < 4.78 is 1.08. The molecule has 3 nitrogen and oxygen atoms in total. The molecule has 0 aliphatic carbocycles. The molecule has 0 saturated carbocycles. The van der Waals surface area contributed by atoms with Crippen molar-refractivity contribution >= 4 is 21.9 Å². The van der Waals surface area contributed by atoms with Gasteiger partial charge in [0.1, 0.15) is 0 Å². The quantitative estimate of drug-likeness (QED) is 0.885. The molecule has 0 heterocycles. The van der Waals surface area contributed by atoms with Gasteiger partial charge in [0.2, 0.25) is 0 Å². The van der Waals surface area contributed by atoms with Crippen LogP contribution in [0.4, 0.5) is 0 Å². The van der Waals surface area contributed by atoms with Crippen LogP contribution in [0.1, 0.15) is 27.0 Å². The highest BCUT2D eigenvalue weighted by Crippen LogP contribution is 2.16. The third kappa shape index (κ3) is 4.41. The topological polar surface area (TPSA) is 40.5 Å². The molecule has 2 rings (SSSR count). The highest BCUT2D eigenvalue weighted by atomic mass is 79.9. The number of nitrogens with zero attached hydrogens (tertiary/aromatic N) is 1. The molecule has 0 atom stereocenters. The molecule has 0 aliphatic rings. The number of hydrogen-bond acceptors (Lipinski definition) is 2. The Morgan fingerprint density at radius 1 is 1.19 bits per heavy atom. The monoisotopic (exact) mass is 347 g/mol. The van der Waals surface area contributed by atoms with Gasteiger partial charge in [0, 0.05) is 17.6 Å². The Bertz CT molecular complexity index is 655. The third-order valence-corrected chi connectivity index (χ3v) is 3.86. The average Bonchev–Trinajstić information content (AvgIpc) is 2.40. The SMILES string of the molecule is Cc1cc(C(=O)O)ccc1CN(C)Cc1cccc(Br)c1. The summed E-state index contributed by atoms with van der Waals surface area (Å²) in [6.07, 6.45) is 0. The Labute approximate surface area is 133 Å². The minimum Gasteiger partial charge on any atom is -0.478 e. The number of benzene rings is 2. The van der Waals surface area contributed by atoms with E-state index in [1.807, 2.05) is 25.1 Å². The summed E-state index contributed by atoms with van der Waals surface area (Å²) in [5, 5.41) is 8.99. The van der Waals surface area contributed by atoms with Crippen molar-refractivity contribution in [2.24, 2.45) is 0 Å². The molecule has 0 fully saturated rings. The molecule has 21 heavy (non-hydrogen) atoms. The fourth-order valence-corrected chi connectivity index (χ4v) is 2.75. The standard InChI is InChI=1S/C17H18BrNO2/c1-12-8-14(17(20)21)6-7-15(12)11-19(2)10-13-4-3-5-16(18)9-13/h3-9H,10-11H2,1-2H3,(H,20,21). The Morgan fingerprint density at radius 2 is 1.95 bits per heavy atom. The molecule has 0 aromatic heterocycles. The van der Waals surface area contributed by atoms with Gasteiger partial charge in [-0.15, -0.1) is 0 Å². The Morgan fingerprint density at radius 3 is 2.57 bits per heavy atom. The first-order valence-corrected chi connectivity index (χ1v) is 7.51. The van der Waals surface area contributed by atoms with Crippen molar-refractivity contribution in [2.75, 3.05) is 7.05 Å². The second-order valence-electron chi connectivity index (χ2n) is 5.25. The molecule has 1 N–H and O–H groups in total. The van der Waals surface area contributed by atoms with Gasteiger partial charge in [-0.1, -0.05) is 34.1 Å². The van der Waals surface area contributed by atoms with E-state index < -0.39 is 5.97 Å². The van der Waals surface area contributed by atoms with Crippen LogP contribution in [-0.2, 0) is 13.1 Å². The molecule has 110 valence electrons. The summed E-state index contributed by atoms with van der Waals surface area (Å²) in [4.78, 5) is 13.2. The van der Waals surface area contributed by atoms with Crippen molar-refractivity contribution in [3.63, 3.8) is 0 Å². The largest absolute Gasteiger partial charge is 0.478 e. The lowest BCUT2D eigenvalue weighted by atomic mass is 10.0. The van der Waals surface area contributed by atoms with E-state index in [4.69, 9.17) is 5.11 Å². The van der Waals surface area contributed by atoms with E-state index in [-0.39, 0.29) is 0 Å². The number of aryl methyl sites for hydroxylation is 1. The van der Waals surface area contributed by atoms with Gasteiger partial charge in [-0.05, 0) is 54.9 Å². The van der Waals surface area contributed by atoms with Crippen LogP contribution in [0.15, 0.2) is 46.9 Å². The van der Waals surface area contributed by atoms with Crippen LogP contribution < -0.4 is 0 Å². The highest BCUT2D eigenvalue weighted by molar-refractivity contribution is 9.10. The molecule has 2 aromatic carbocycles. The van der Waals surface area contributed by atoms with E-state index in [0.717, 1.165) is 28.7 Å². The molecule has 2 aromatic rings. The van der Waals surface area contributed by atoms with Crippen molar-refractivity contribution in [1.29, 1.82) is 0 Å². The molecule has 4 heteroatoms. The van der Waals surface area contributed by atoms with Crippen LogP contribution in [0.5, 0.6) is 0 Å². The molecule has 0 unspecified atom stereocenters. The highest BCUT2D eigenvalue weighted by Gasteiger charge is 2.08. The van der Waals surface area contributed by atoms with Crippen molar-refractivity contribution in [1.82, 2.24) is 4.90 Å². The summed E-state index contributed by atoms with van der Waals surface area (Å²) in [5.74, 6) is -0.882. The summed E-state index contributed by atoms with van der Waals surface area (Å²) in [6, 6.07) is 13.5. The summed E-state index contributed by atoms with van der Waals surface area (Å²) >= 11 is 3.48. The molecule has 0 saturated heterocycles. The predicted molar refractivity (Wildman–Crippen MR) is 87.5 cm³/mol. The van der Waals surface area contributed by atoms with Crippen LogP contribution >= 0.6 is 15.9 Å². The second-order valence-corrected chi connectivity index (χ2v) is 6.16. The van der Waals surface area contributed by atoms with E-state index in [1.165, 1.54) is 5.56 Å². The lowest BCUT2D eigenvalue weighted by Gasteiger charge is -2.18. The van der Waals surface area contributed by atoms with Gasteiger partial charge in [-0.25, -0.2) is 4.79 Å². The first kappa shape index (κ1) is 15.7. The smallest absolute Gasteiger partial charge is 0.335 e. The summed E-state index contributed by atoms with van der Waals surface area (Å²) in [6.45, 7) is 3.59. The molecule has 0 aliphatic heterocycles. The van der Waals surface area contributed by atoms with E-state index >= 15 is 0 Å². The summed E-state index contributed by atoms with van der Waals surface area (Å²) in [7, 11) is 2.06. The zero-order valence-electron chi connectivity index (χ0n) is 12.1. The number of halogens is 1. The second kappa shape index (κ2) is 6.87. The number of hydrogen-bond donors (Lipinski definition) is 1. The van der Waals surface area contributed by atoms with Crippen LogP contribution in [0.2, 0.25) is 0 Å². The number of rotatable bonds is 5. The van der Waals surface area contributed by atoms with E-state index in [0.29, 0.717) is 5.56 Å². The number of carboxylic acid groups (broad SMARTS) is 1. The van der Waals surface area contributed by atoms with E-state index in [2.05, 4.69) is 40.0 Å². The molecular formula is C17H18BrNO2. The van der Waals surface area contributed by atoms with Crippen LogP contribution in [0.3, 0.4) is 0 Å². The van der Waals surface area contributed by atoms with E-state index in [1.54, 1.807) is 12.1 Å². The Kier molecular flexibility index (Phi) is 5.15. The number of carboxylic acids is 1. The molecule has 0 bridgehead atoms. The molecular weight excluding hydrogens is 330 g/mol. The van der Waals surface area contributed by atoms with E-state index in [9.17, 15) is 4.79 Å². The van der Waals surface area contributed by atoms with Gasteiger partial charge in [0.25, 0.3) is 0 Å². The van der Waals surface area contributed by atoms with Crippen LogP contribution in [-0.4, -0.2) is 23.0 Å².